The third kappa shape index (κ3) is 17.2. The average molecular weight is 282 g/mol. The Kier molecular flexibility index (Phi) is 15.6. The lowest BCUT2D eigenvalue weighted by molar-refractivity contribution is -0.135. The first-order chi connectivity index (χ1) is 9.77. The zero-order valence-electron chi connectivity index (χ0n) is 13.7. The highest BCUT2D eigenvalue weighted by Crippen LogP contribution is 2.12. The van der Waals surface area contributed by atoms with Gasteiger partial charge in [0.1, 0.15) is 0 Å². The second kappa shape index (κ2) is 16.3. The van der Waals surface area contributed by atoms with Gasteiger partial charge in [-0.25, -0.2) is 0 Å². The number of carbonyl (C=O) groups excluding carboxylic acids is 1. The van der Waals surface area contributed by atoms with Crippen LogP contribution in [0.3, 0.4) is 0 Å². The van der Waals surface area contributed by atoms with Crippen LogP contribution in [-0.4, -0.2) is 5.97 Å². The molecule has 0 saturated carbocycles. The van der Waals surface area contributed by atoms with Gasteiger partial charge < -0.3 is 4.74 Å². The largest absolute Gasteiger partial charge is 0.435 e. The topological polar surface area (TPSA) is 26.3 Å². The van der Waals surface area contributed by atoms with Gasteiger partial charge in [-0.1, -0.05) is 77.6 Å². The van der Waals surface area contributed by atoms with Gasteiger partial charge in [0.2, 0.25) is 0 Å². The first kappa shape index (κ1) is 19.2. The quantitative estimate of drug-likeness (QED) is 0.217. The minimum absolute atomic E-state index is 0.240. The number of esters is 1. The van der Waals surface area contributed by atoms with Crippen molar-refractivity contribution in [1.82, 2.24) is 0 Å². The molecule has 0 rings (SSSR count). The number of unbranched alkanes of at least 4 members (excludes halogenated alkanes) is 12. The maximum Gasteiger partial charge on any atom is 0.307 e. The molecule has 0 radical (unpaired) electrons. The summed E-state index contributed by atoms with van der Waals surface area (Å²) in [5.74, 6) is -0.240. The predicted molar refractivity (Wildman–Crippen MR) is 86.6 cm³/mol. The maximum absolute atomic E-state index is 10.5. The Balaban J connectivity index is 3.02. The van der Waals surface area contributed by atoms with E-state index in [0.717, 1.165) is 6.42 Å². The van der Waals surface area contributed by atoms with Crippen LogP contribution in [0, 0.1) is 0 Å². The van der Waals surface area contributed by atoms with Gasteiger partial charge in [-0.2, -0.15) is 0 Å². The summed E-state index contributed by atoms with van der Waals surface area (Å²) >= 11 is 0. The molecule has 0 aliphatic carbocycles. The number of rotatable bonds is 14. The van der Waals surface area contributed by atoms with Gasteiger partial charge in [0.05, 0.1) is 6.26 Å². The number of ether oxygens (including phenoxy) is 1. The Morgan fingerprint density at radius 3 is 1.70 bits per heavy atom. The van der Waals surface area contributed by atoms with Gasteiger partial charge in [-0.05, 0) is 18.9 Å². The van der Waals surface area contributed by atoms with Gasteiger partial charge in [0, 0.05) is 6.92 Å². The zero-order valence-corrected chi connectivity index (χ0v) is 13.7. The molecule has 0 aliphatic rings. The highest BCUT2D eigenvalue weighted by Gasteiger charge is 1.93. The van der Waals surface area contributed by atoms with Crippen molar-refractivity contribution in [3.63, 3.8) is 0 Å². The highest BCUT2D eigenvalue weighted by atomic mass is 16.5. The Morgan fingerprint density at radius 1 is 0.800 bits per heavy atom. The fourth-order valence-electron chi connectivity index (χ4n) is 2.32. The van der Waals surface area contributed by atoms with Crippen molar-refractivity contribution in [3.8, 4) is 0 Å². The normalized spacial score (nSPS) is 11.1. The fraction of sp³-hybridized carbons (Fsp3) is 0.833. The summed E-state index contributed by atoms with van der Waals surface area (Å²) in [6.45, 7) is 3.69. The molecule has 0 spiro atoms. The van der Waals surface area contributed by atoms with Crippen molar-refractivity contribution in [2.45, 2.75) is 97.3 Å². The van der Waals surface area contributed by atoms with E-state index in [1.807, 2.05) is 6.08 Å². The molecule has 118 valence electrons. The van der Waals surface area contributed by atoms with Gasteiger partial charge in [-0.3, -0.25) is 4.79 Å². The van der Waals surface area contributed by atoms with Crippen molar-refractivity contribution in [2.24, 2.45) is 0 Å². The van der Waals surface area contributed by atoms with Gasteiger partial charge >= 0.3 is 5.97 Å². The van der Waals surface area contributed by atoms with Crippen LogP contribution in [0.5, 0.6) is 0 Å². The smallest absolute Gasteiger partial charge is 0.307 e. The Hall–Kier alpha value is -0.790. The summed E-state index contributed by atoms with van der Waals surface area (Å²) in [7, 11) is 0. The lowest BCUT2D eigenvalue weighted by atomic mass is 10.0. The van der Waals surface area contributed by atoms with Gasteiger partial charge in [0.25, 0.3) is 0 Å². The van der Waals surface area contributed by atoms with Gasteiger partial charge in [0.15, 0.2) is 0 Å². The predicted octanol–water partition coefficient (Wildman–Crippen LogP) is 6.15. The van der Waals surface area contributed by atoms with Crippen LogP contribution >= 0.6 is 0 Å². The van der Waals surface area contributed by atoms with E-state index >= 15 is 0 Å². The summed E-state index contributed by atoms with van der Waals surface area (Å²) in [5, 5.41) is 0. The van der Waals surface area contributed by atoms with Crippen LogP contribution in [0.2, 0.25) is 0 Å². The average Bonchev–Trinajstić information content (AvgIpc) is 2.43. The molecular formula is C18H34O2. The molecule has 0 aromatic carbocycles. The van der Waals surface area contributed by atoms with Gasteiger partial charge in [-0.15, -0.1) is 0 Å². The molecule has 0 amide bonds. The van der Waals surface area contributed by atoms with E-state index in [4.69, 9.17) is 4.74 Å². The van der Waals surface area contributed by atoms with Crippen molar-refractivity contribution in [2.75, 3.05) is 0 Å². The third-order valence-electron chi connectivity index (χ3n) is 3.55. The summed E-state index contributed by atoms with van der Waals surface area (Å²) in [6, 6.07) is 0. The molecule has 0 heterocycles. The third-order valence-corrected chi connectivity index (χ3v) is 3.55. The molecule has 0 unspecified atom stereocenters. The molecular weight excluding hydrogens is 248 g/mol. The van der Waals surface area contributed by atoms with Crippen molar-refractivity contribution in [3.05, 3.63) is 12.3 Å². The number of allylic oxidation sites excluding steroid dienone is 1. The SMILES string of the molecule is CCCCCCCCCCCCCCC=COC(C)=O. The Bertz CT molecular complexity index is 234. The molecule has 0 aliphatic heterocycles. The van der Waals surface area contributed by atoms with E-state index in [0.29, 0.717) is 0 Å². The number of hydrogen-bond donors (Lipinski definition) is 0. The van der Waals surface area contributed by atoms with E-state index < -0.39 is 0 Å². The number of hydrogen-bond acceptors (Lipinski definition) is 2. The number of carbonyl (C=O) groups is 1. The zero-order chi connectivity index (χ0) is 14.9. The van der Waals surface area contributed by atoms with E-state index in [1.165, 1.54) is 90.2 Å². The lowest BCUT2D eigenvalue weighted by Gasteiger charge is -2.02. The fourth-order valence-corrected chi connectivity index (χ4v) is 2.32. The van der Waals surface area contributed by atoms with E-state index in [1.54, 1.807) is 0 Å². The molecule has 0 fully saturated rings. The first-order valence-corrected chi connectivity index (χ1v) is 8.59. The monoisotopic (exact) mass is 282 g/mol. The lowest BCUT2D eigenvalue weighted by Crippen LogP contribution is -1.89. The van der Waals surface area contributed by atoms with Crippen molar-refractivity contribution in [1.29, 1.82) is 0 Å². The molecule has 2 heteroatoms. The van der Waals surface area contributed by atoms with E-state index in [9.17, 15) is 4.79 Å². The maximum atomic E-state index is 10.5. The molecule has 20 heavy (non-hydrogen) atoms. The minimum atomic E-state index is -0.240. The Labute approximate surface area is 126 Å². The first-order valence-electron chi connectivity index (χ1n) is 8.59. The van der Waals surface area contributed by atoms with Crippen LogP contribution in [0.4, 0.5) is 0 Å². The molecule has 0 bridgehead atoms. The van der Waals surface area contributed by atoms with Crippen LogP contribution in [0.1, 0.15) is 97.3 Å². The van der Waals surface area contributed by atoms with Crippen molar-refractivity contribution < 1.29 is 9.53 Å². The second-order valence-corrected chi connectivity index (χ2v) is 5.66. The minimum Gasteiger partial charge on any atom is -0.435 e. The second-order valence-electron chi connectivity index (χ2n) is 5.66. The summed E-state index contributed by atoms with van der Waals surface area (Å²) in [6.07, 6.45) is 21.0. The molecule has 0 saturated heterocycles. The molecule has 2 nitrogen and oxygen atoms in total. The van der Waals surface area contributed by atoms with Crippen LogP contribution in [0.25, 0.3) is 0 Å². The summed E-state index contributed by atoms with van der Waals surface area (Å²) in [5.41, 5.74) is 0. The van der Waals surface area contributed by atoms with Crippen LogP contribution < -0.4 is 0 Å². The van der Waals surface area contributed by atoms with Crippen LogP contribution in [-0.2, 0) is 9.53 Å². The highest BCUT2D eigenvalue weighted by molar-refractivity contribution is 5.66. The van der Waals surface area contributed by atoms with E-state index in [2.05, 4.69) is 6.92 Å². The van der Waals surface area contributed by atoms with Crippen molar-refractivity contribution >= 4 is 5.97 Å². The molecule has 0 aromatic rings. The summed E-state index contributed by atoms with van der Waals surface area (Å²) in [4.78, 5) is 10.5. The van der Waals surface area contributed by atoms with E-state index in [-0.39, 0.29) is 5.97 Å². The molecule has 0 N–H and O–H groups in total. The molecule has 0 aromatic heterocycles. The molecule has 0 atom stereocenters. The Morgan fingerprint density at radius 2 is 1.25 bits per heavy atom. The summed E-state index contributed by atoms with van der Waals surface area (Å²) < 4.78 is 4.73. The standard InChI is InChI=1S/C18H34O2/c1-3-4-5-6-7-8-9-10-11-12-13-14-15-16-17-20-18(2)19/h16-17H,3-15H2,1-2H3. The van der Waals surface area contributed by atoms with Crippen LogP contribution in [0.15, 0.2) is 12.3 Å².